The molecule has 0 radical (unpaired) electrons. The van der Waals surface area contributed by atoms with Crippen LogP contribution in [0.5, 0.6) is 0 Å². The van der Waals surface area contributed by atoms with Crippen molar-refractivity contribution in [2.75, 3.05) is 19.8 Å². The molecule has 0 aromatic carbocycles. The van der Waals surface area contributed by atoms with E-state index < -0.39 is 86.8 Å². The summed E-state index contributed by atoms with van der Waals surface area (Å²) in [5.74, 6) is -0.237. The molecule has 2 heterocycles. The SMILES string of the molecule is CCCCCCCCCCCCCC/C=C/C(O)C(COC1OC(CO)C(OC2OC(CO)C(O)C(O)C2O)C(O)C1O)NC(=O)CCCCCCCCCCCCCCCCCC. The van der Waals surface area contributed by atoms with E-state index in [4.69, 9.17) is 18.9 Å². The van der Waals surface area contributed by atoms with Crippen LogP contribution in [-0.2, 0) is 23.7 Å². The fourth-order valence-electron chi connectivity index (χ4n) is 8.70. The molecule has 2 rings (SSSR count). The molecule has 64 heavy (non-hydrogen) atoms. The number of aliphatic hydroxyl groups is 8. The van der Waals surface area contributed by atoms with Crippen LogP contribution in [0.1, 0.15) is 206 Å². The Morgan fingerprint density at radius 3 is 1.44 bits per heavy atom. The first-order chi connectivity index (χ1) is 31.1. The molecule has 1 amide bonds. The van der Waals surface area contributed by atoms with Crippen molar-refractivity contribution >= 4 is 5.91 Å². The standard InChI is InChI=1S/C50H95NO13/c1-3-5-7-9-11-13-15-17-19-20-22-24-26-28-30-32-34-42(55)51-38(39(54)33-31-29-27-25-23-21-18-16-14-12-10-8-6-4-2)37-61-49-47(60)45(58)48(41(36-53)63-49)64-50-46(59)44(57)43(56)40(35-52)62-50/h31,33,38-41,43-50,52-54,56-60H,3-30,32,34-37H2,1-2H3,(H,51,55)/b33-31+. The number of nitrogens with one attached hydrogen (secondary N) is 1. The second-order valence-electron chi connectivity index (χ2n) is 18.7. The summed E-state index contributed by atoms with van der Waals surface area (Å²) in [5.41, 5.74) is 0. The molecule has 2 aliphatic rings. The molecule has 9 N–H and O–H groups in total. The summed E-state index contributed by atoms with van der Waals surface area (Å²) in [6, 6.07) is -0.907. The van der Waals surface area contributed by atoms with Gasteiger partial charge in [0.25, 0.3) is 0 Å². The van der Waals surface area contributed by atoms with Gasteiger partial charge in [0.2, 0.25) is 5.91 Å². The first kappa shape index (κ1) is 58.9. The normalized spacial score (nSPS) is 27.3. The third-order valence-corrected chi connectivity index (χ3v) is 13.0. The molecule has 2 saturated heterocycles. The molecule has 2 fully saturated rings. The Bertz CT molecular complexity index is 1130. The van der Waals surface area contributed by atoms with Gasteiger partial charge in [0.1, 0.15) is 48.8 Å². The quantitative estimate of drug-likeness (QED) is 0.0229. The molecular weight excluding hydrogens is 823 g/mol. The van der Waals surface area contributed by atoms with E-state index in [1.165, 1.54) is 141 Å². The van der Waals surface area contributed by atoms with Gasteiger partial charge in [-0.2, -0.15) is 0 Å². The molecule has 378 valence electrons. The number of amides is 1. The smallest absolute Gasteiger partial charge is 0.220 e. The van der Waals surface area contributed by atoms with Crippen molar-refractivity contribution in [3.63, 3.8) is 0 Å². The van der Waals surface area contributed by atoms with E-state index in [-0.39, 0.29) is 18.9 Å². The number of hydrogen-bond acceptors (Lipinski definition) is 13. The predicted molar refractivity (Wildman–Crippen MR) is 249 cm³/mol. The number of carbonyl (C=O) groups is 1. The highest BCUT2D eigenvalue weighted by atomic mass is 16.7. The van der Waals surface area contributed by atoms with E-state index in [1.807, 2.05) is 6.08 Å². The Labute approximate surface area is 386 Å². The van der Waals surface area contributed by atoms with Crippen molar-refractivity contribution < 1.29 is 64.6 Å². The number of rotatable bonds is 40. The summed E-state index contributed by atoms with van der Waals surface area (Å²) < 4.78 is 22.7. The van der Waals surface area contributed by atoms with E-state index in [0.29, 0.717) is 6.42 Å². The molecule has 12 atom stereocenters. The molecule has 0 aromatic heterocycles. The first-order valence-corrected chi connectivity index (χ1v) is 25.9. The molecule has 0 saturated carbocycles. The Kier molecular flexibility index (Phi) is 34.7. The topological polar surface area (TPSA) is 228 Å². The highest BCUT2D eigenvalue weighted by molar-refractivity contribution is 5.76. The van der Waals surface area contributed by atoms with Crippen molar-refractivity contribution in [2.24, 2.45) is 0 Å². The number of allylic oxidation sites excluding steroid dienone is 1. The third kappa shape index (κ3) is 24.7. The maximum absolute atomic E-state index is 13.2. The number of ether oxygens (including phenoxy) is 4. The van der Waals surface area contributed by atoms with Crippen LogP contribution in [0.4, 0.5) is 0 Å². The van der Waals surface area contributed by atoms with Gasteiger partial charge in [-0.3, -0.25) is 4.79 Å². The lowest BCUT2D eigenvalue weighted by Crippen LogP contribution is -2.65. The van der Waals surface area contributed by atoms with E-state index in [9.17, 15) is 45.6 Å². The lowest BCUT2D eigenvalue weighted by molar-refractivity contribution is -0.359. The average Bonchev–Trinajstić information content (AvgIpc) is 3.29. The molecule has 12 unspecified atom stereocenters. The molecule has 2 aliphatic heterocycles. The first-order valence-electron chi connectivity index (χ1n) is 25.9. The van der Waals surface area contributed by atoms with Crippen LogP contribution in [0.15, 0.2) is 12.2 Å². The summed E-state index contributed by atoms with van der Waals surface area (Å²) in [7, 11) is 0. The maximum atomic E-state index is 13.2. The minimum absolute atomic E-state index is 0.237. The number of hydrogen-bond donors (Lipinski definition) is 9. The fraction of sp³-hybridized carbons (Fsp3) is 0.940. The second kappa shape index (κ2) is 37.7. The minimum Gasteiger partial charge on any atom is -0.394 e. The van der Waals surface area contributed by atoms with Gasteiger partial charge in [-0.05, 0) is 19.3 Å². The molecule has 14 heteroatoms. The van der Waals surface area contributed by atoms with E-state index in [1.54, 1.807) is 6.08 Å². The van der Waals surface area contributed by atoms with Crippen LogP contribution in [0.3, 0.4) is 0 Å². The average molecular weight is 918 g/mol. The van der Waals surface area contributed by atoms with Crippen LogP contribution in [-0.4, -0.2) is 140 Å². The summed E-state index contributed by atoms with van der Waals surface area (Å²) in [6.07, 6.45) is 22.4. The van der Waals surface area contributed by atoms with Crippen LogP contribution >= 0.6 is 0 Å². The van der Waals surface area contributed by atoms with Crippen molar-refractivity contribution in [1.82, 2.24) is 5.32 Å². The zero-order valence-corrected chi connectivity index (χ0v) is 40.0. The second-order valence-corrected chi connectivity index (χ2v) is 18.7. The zero-order chi connectivity index (χ0) is 46.8. The Morgan fingerprint density at radius 2 is 0.969 bits per heavy atom. The number of carbonyl (C=O) groups excluding carboxylic acids is 1. The van der Waals surface area contributed by atoms with Crippen molar-refractivity contribution in [3.8, 4) is 0 Å². The number of aliphatic hydroxyl groups excluding tert-OH is 8. The molecule has 0 aliphatic carbocycles. The highest BCUT2D eigenvalue weighted by Gasteiger charge is 2.51. The predicted octanol–water partition coefficient (Wildman–Crippen LogP) is 6.77. The monoisotopic (exact) mass is 918 g/mol. The van der Waals surface area contributed by atoms with Crippen molar-refractivity contribution in [1.29, 1.82) is 0 Å². The lowest BCUT2D eigenvalue weighted by atomic mass is 9.97. The Morgan fingerprint density at radius 1 is 0.547 bits per heavy atom. The van der Waals surface area contributed by atoms with Gasteiger partial charge in [0.05, 0.1) is 32.0 Å². The van der Waals surface area contributed by atoms with E-state index in [0.717, 1.165) is 38.5 Å². The van der Waals surface area contributed by atoms with Gasteiger partial charge in [-0.15, -0.1) is 0 Å². The summed E-state index contributed by atoms with van der Waals surface area (Å²) in [6.45, 7) is 2.79. The molecular formula is C50H95NO13. The lowest BCUT2D eigenvalue weighted by Gasteiger charge is -2.46. The fourth-order valence-corrected chi connectivity index (χ4v) is 8.70. The van der Waals surface area contributed by atoms with Gasteiger partial charge in [0, 0.05) is 6.42 Å². The Balaban J connectivity index is 1.84. The van der Waals surface area contributed by atoms with E-state index in [2.05, 4.69) is 19.2 Å². The van der Waals surface area contributed by atoms with Gasteiger partial charge in [-0.1, -0.05) is 193 Å². The van der Waals surface area contributed by atoms with Gasteiger partial charge in [0.15, 0.2) is 12.6 Å². The van der Waals surface area contributed by atoms with Crippen LogP contribution in [0, 0.1) is 0 Å². The van der Waals surface area contributed by atoms with Crippen molar-refractivity contribution in [3.05, 3.63) is 12.2 Å². The largest absolute Gasteiger partial charge is 0.394 e. The Hall–Kier alpha value is -1.27. The van der Waals surface area contributed by atoms with Gasteiger partial charge in [-0.25, -0.2) is 0 Å². The minimum atomic E-state index is -1.78. The third-order valence-electron chi connectivity index (χ3n) is 13.0. The van der Waals surface area contributed by atoms with Crippen LogP contribution in [0.2, 0.25) is 0 Å². The molecule has 0 aromatic rings. The summed E-state index contributed by atoms with van der Waals surface area (Å²) in [5, 5.41) is 86.7. The zero-order valence-electron chi connectivity index (χ0n) is 40.0. The van der Waals surface area contributed by atoms with E-state index >= 15 is 0 Å². The van der Waals surface area contributed by atoms with Gasteiger partial charge < -0.3 is 65.1 Å². The van der Waals surface area contributed by atoms with Crippen molar-refractivity contribution in [2.45, 2.75) is 280 Å². The van der Waals surface area contributed by atoms with Gasteiger partial charge >= 0.3 is 0 Å². The number of unbranched alkanes of at least 4 members (excludes halogenated alkanes) is 27. The summed E-state index contributed by atoms with van der Waals surface area (Å²) >= 11 is 0. The maximum Gasteiger partial charge on any atom is 0.220 e. The molecule has 0 bridgehead atoms. The highest BCUT2D eigenvalue weighted by Crippen LogP contribution is 2.30. The van der Waals surface area contributed by atoms with Crippen LogP contribution < -0.4 is 5.32 Å². The molecule has 14 nitrogen and oxygen atoms in total. The molecule has 0 spiro atoms. The summed E-state index contributed by atoms with van der Waals surface area (Å²) in [4.78, 5) is 13.2. The van der Waals surface area contributed by atoms with Crippen LogP contribution in [0.25, 0.3) is 0 Å².